The van der Waals surface area contributed by atoms with Crippen LogP contribution >= 0.6 is 22.6 Å². The molecule has 0 bridgehead atoms. The zero-order chi connectivity index (χ0) is 27.7. The number of nitrogens with zero attached hydrogens (tertiary/aromatic N) is 1. The van der Waals surface area contributed by atoms with Gasteiger partial charge < -0.3 is 39.7 Å². The largest absolute Gasteiger partial charge is 0.493 e. The van der Waals surface area contributed by atoms with E-state index in [1.165, 1.54) is 13.2 Å². The smallest absolute Gasteiger partial charge is 0.247 e. The predicted octanol–water partition coefficient (Wildman–Crippen LogP) is 1.68. The molecule has 1 fully saturated rings. The molecule has 0 unspecified atom stereocenters. The number of hydrogen-bond donors (Lipinski definition) is 4. The van der Waals surface area contributed by atoms with E-state index in [-0.39, 0.29) is 44.7 Å². The lowest BCUT2D eigenvalue weighted by molar-refractivity contribution is -0.135. The zero-order valence-corrected chi connectivity index (χ0v) is 23.9. The maximum Gasteiger partial charge on any atom is 0.247 e. The number of allylic oxidation sites excluding steroid dienone is 1. The van der Waals surface area contributed by atoms with Crippen molar-refractivity contribution < 1.29 is 39.1 Å². The highest BCUT2D eigenvalue weighted by molar-refractivity contribution is 14.1. The van der Waals surface area contributed by atoms with Crippen LogP contribution in [-0.2, 0) is 20.9 Å². The van der Waals surface area contributed by atoms with E-state index in [9.17, 15) is 24.9 Å². The van der Waals surface area contributed by atoms with Crippen molar-refractivity contribution >= 4 is 34.4 Å². The van der Waals surface area contributed by atoms with E-state index < -0.39 is 24.2 Å². The van der Waals surface area contributed by atoms with Crippen molar-refractivity contribution in [3.63, 3.8) is 0 Å². The minimum absolute atomic E-state index is 0.0705. The van der Waals surface area contributed by atoms with Crippen molar-refractivity contribution in [1.82, 2.24) is 10.2 Å². The average molecular weight is 645 g/mol. The first kappa shape index (κ1) is 30.4. The van der Waals surface area contributed by atoms with Gasteiger partial charge in [-0.15, -0.1) is 0 Å². The van der Waals surface area contributed by atoms with Crippen molar-refractivity contribution in [2.45, 2.75) is 63.6 Å². The molecule has 1 aromatic rings. The van der Waals surface area contributed by atoms with Gasteiger partial charge in [0, 0.05) is 31.7 Å². The third kappa shape index (κ3) is 7.69. The second-order valence-corrected chi connectivity index (χ2v) is 10.4. The maximum absolute atomic E-state index is 13.3. The first-order chi connectivity index (χ1) is 18.3. The molecule has 0 spiro atoms. The van der Waals surface area contributed by atoms with Gasteiger partial charge in [-0.2, -0.15) is 0 Å². The van der Waals surface area contributed by atoms with E-state index in [1.807, 2.05) is 6.92 Å². The molecule has 0 radical (unpaired) electrons. The van der Waals surface area contributed by atoms with Crippen LogP contribution < -0.4 is 14.8 Å². The lowest BCUT2D eigenvalue weighted by Gasteiger charge is -2.41. The average Bonchev–Trinajstić information content (AvgIpc) is 3.44. The maximum atomic E-state index is 13.3. The quantitative estimate of drug-likeness (QED) is 0.199. The van der Waals surface area contributed by atoms with Crippen molar-refractivity contribution in [3.05, 3.63) is 45.1 Å². The van der Waals surface area contributed by atoms with Crippen LogP contribution in [0.15, 0.2) is 35.9 Å². The molecule has 38 heavy (non-hydrogen) atoms. The van der Waals surface area contributed by atoms with Gasteiger partial charge in [-0.25, -0.2) is 0 Å². The molecular formula is C27H37IN2O8. The molecule has 0 saturated carbocycles. The summed E-state index contributed by atoms with van der Waals surface area (Å²) in [5, 5.41) is 33.0. The fourth-order valence-electron chi connectivity index (χ4n) is 4.61. The lowest BCUT2D eigenvalue weighted by Crippen LogP contribution is -2.56. The molecule has 11 heteroatoms. The Bertz CT molecular complexity index is 1020. The van der Waals surface area contributed by atoms with Crippen LogP contribution in [0.25, 0.3) is 0 Å². The van der Waals surface area contributed by atoms with Gasteiger partial charge in [-0.1, -0.05) is 13.0 Å². The topological polar surface area (TPSA) is 138 Å². The molecule has 210 valence electrons. The molecule has 2 aliphatic rings. The summed E-state index contributed by atoms with van der Waals surface area (Å²) in [5.74, 6) is 0.0365. The molecule has 4 atom stereocenters. The van der Waals surface area contributed by atoms with Gasteiger partial charge in [0.15, 0.2) is 11.5 Å². The van der Waals surface area contributed by atoms with Crippen molar-refractivity contribution in [2.75, 3.05) is 33.4 Å². The number of halogens is 1. The van der Waals surface area contributed by atoms with Gasteiger partial charge in [0.05, 0.1) is 36.0 Å². The van der Waals surface area contributed by atoms with E-state index in [1.54, 1.807) is 29.2 Å². The van der Waals surface area contributed by atoms with Crippen molar-refractivity contribution in [2.24, 2.45) is 0 Å². The lowest BCUT2D eigenvalue weighted by atomic mass is 9.87. The van der Waals surface area contributed by atoms with E-state index >= 15 is 0 Å². The number of rotatable bonds is 12. The van der Waals surface area contributed by atoms with Crippen LogP contribution in [0.2, 0.25) is 0 Å². The minimum Gasteiger partial charge on any atom is -0.493 e. The molecule has 1 aliphatic carbocycles. The Labute approximate surface area is 236 Å². The van der Waals surface area contributed by atoms with Gasteiger partial charge in [0.2, 0.25) is 11.8 Å². The summed E-state index contributed by atoms with van der Waals surface area (Å²) in [6, 6.07) is 2.62. The third-order valence-corrected chi connectivity index (χ3v) is 7.35. The van der Waals surface area contributed by atoms with Crippen LogP contribution in [0.3, 0.4) is 0 Å². The number of aliphatic hydroxyl groups excluding tert-OH is 3. The Morgan fingerprint density at radius 1 is 1.32 bits per heavy atom. The number of hydrogen-bond acceptors (Lipinski definition) is 8. The molecule has 1 heterocycles. The Hall–Kier alpha value is -2.19. The summed E-state index contributed by atoms with van der Waals surface area (Å²) in [6.07, 6.45) is 4.97. The number of benzene rings is 1. The van der Waals surface area contributed by atoms with Gasteiger partial charge >= 0.3 is 0 Å². The summed E-state index contributed by atoms with van der Waals surface area (Å²) in [6.45, 7) is 2.49. The zero-order valence-electron chi connectivity index (χ0n) is 21.8. The standard InChI is InChI=1S/C27H37IN2O8/c1-3-4-7-24(33)30(15-19-6-5-10-37-19)21-13-18(27(35)29-8-9-31)14-22(25(21)34)38-26-20(28)11-17(16-32)12-23(26)36-2/h4,7,11-12,14,19,21-22,25,31-32,34H,3,5-6,8-10,13,15-16H2,1-2H3,(H,29,35)/t19-,21-,22+,25+/m1/s1. The minimum atomic E-state index is -1.16. The Kier molecular flexibility index (Phi) is 11.8. The van der Waals surface area contributed by atoms with Crippen molar-refractivity contribution in [1.29, 1.82) is 0 Å². The van der Waals surface area contributed by atoms with Crippen LogP contribution in [-0.4, -0.2) is 89.8 Å². The molecule has 1 saturated heterocycles. The molecule has 2 amide bonds. The summed E-state index contributed by atoms with van der Waals surface area (Å²) >= 11 is 2.06. The molecule has 1 aliphatic heterocycles. The monoisotopic (exact) mass is 644 g/mol. The molecule has 10 nitrogen and oxygen atoms in total. The van der Waals surface area contributed by atoms with Gasteiger partial charge in [-0.3, -0.25) is 9.59 Å². The first-order valence-corrected chi connectivity index (χ1v) is 13.9. The second kappa shape index (κ2) is 14.8. The number of carbonyl (C=O) groups is 2. The summed E-state index contributed by atoms with van der Waals surface area (Å²) < 4.78 is 18.2. The van der Waals surface area contributed by atoms with E-state index in [0.717, 1.165) is 12.8 Å². The molecule has 3 rings (SSSR count). The fraction of sp³-hybridized carbons (Fsp3) is 0.556. The highest BCUT2D eigenvalue weighted by Crippen LogP contribution is 2.37. The highest BCUT2D eigenvalue weighted by atomic mass is 127. The van der Waals surface area contributed by atoms with Gasteiger partial charge in [0.25, 0.3) is 0 Å². The summed E-state index contributed by atoms with van der Waals surface area (Å²) in [4.78, 5) is 27.8. The van der Waals surface area contributed by atoms with Crippen LogP contribution in [0, 0.1) is 3.57 Å². The molecule has 0 aromatic heterocycles. The van der Waals surface area contributed by atoms with Crippen LogP contribution in [0.4, 0.5) is 0 Å². The third-order valence-electron chi connectivity index (χ3n) is 6.54. The number of ether oxygens (including phenoxy) is 3. The van der Waals surface area contributed by atoms with E-state index in [2.05, 4.69) is 27.9 Å². The van der Waals surface area contributed by atoms with Gasteiger partial charge in [0.1, 0.15) is 12.2 Å². The van der Waals surface area contributed by atoms with E-state index in [4.69, 9.17) is 14.2 Å². The van der Waals surface area contributed by atoms with Crippen LogP contribution in [0.5, 0.6) is 11.5 Å². The fourth-order valence-corrected chi connectivity index (χ4v) is 5.40. The Balaban J connectivity index is 1.99. The van der Waals surface area contributed by atoms with Crippen LogP contribution in [0.1, 0.15) is 38.2 Å². The Morgan fingerprint density at radius 3 is 2.74 bits per heavy atom. The van der Waals surface area contributed by atoms with Gasteiger partial charge in [-0.05, 0) is 71.7 Å². The Morgan fingerprint density at radius 2 is 2.11 bits per heavy atom. The number of aliphatic hydroxyl groups is 3. The second-order valence-electron chi connectivity index (χ2n) is 9.22. The molecular weight excluding hydrogens is 607 g/mol. The number of carbonyl (C=O) groups excluding carboxylic acids is 2. The highest BCUT2D eigenvalue weighted by Gasteiger charge is 2.41. The summed E-state index contributed by atoms with van der Waals surface area (Å²) in [7, 11) is 1.48. The normalized spacial score (nSPS) is 23.3. The number of methoxy groups -OCH3 is 1. The SMILES string of the molecule is CCC=CC(=O)N(C[C@H]1CCCO1)[C@@H]1CC(C(=O)NCCO)=C[C@H](Oc2c(I)cc(CO)cc2OC)[C@H]1O. The predicted molar refractivity (Wildman–Crippen MR) is 149 cm³/mol. The molecule has 1 aromatic carbocycles. The number of nitrogens with one attached hydrogen (secondary N) is 1. The van der Waals surface area contributed by atoms with E-state index in [0.29, 0.717) is 39.2 Å². The molecule has 4 N–H and O–H groups in total. The summed E-state index contributed by atoms with van der Waals surface area (Å²) in [5.41, 5.74) is 0.973. The number of amides is 2. The van der Waals surface area contributed by atoms with Crippen molar-refractivity contribution in [3.8, 4) is 11.5 Å². The first-order valence-electron chi connectivity index (χ1n) is 12.8.